The van der Waals surface area contributed by atoms with E-state index < -0.39 is 11.7 Å². The lowest BCUT2D eigenvalue weighted by Crippen LogP contribution is -2.40. The lowest BCUT2D eigenvalue weighted by molar-refractivity contribution is 0.0939. The highest BCUT2D eigenvalue weighted by atomic mass is 79.9. The first-order valence-electron chi connectivity index (χ1n) is 11.8. The van der Waals surface area contributed by atoms with Crippen LogP contribution >= 0.6 is 15.9 Å². The molecule has 3 aromatic rings. The minimum absolute atomic E-state index is 0.00635. The molecule has 1 aliphatic heterocycles. The summed E-state index contributed by atoms with van der Waals surface area (Å²) in [5.74, 6) is -1.06. The number of nitrogens with one attached hydrogen (secondary N) is 1. The van der Waals surface area contributed by atoms with E-state index in [2.05, 4.69) is 69.8 Å². The third-order valence-corrected chi connectivity index (χ3v) is 7.63. The Morgan fingerprint density at radius 2 is 1.83 bits per heavy atom. The van der Waals surface area contributed by atoms with Gasteiger partial charge in [0.2, 0.25) is 0 Å². The second-order valence-corrected chi connectivity index (χ2v) is 10.1. The number of benzene rings is 3. The van der Waals surface area contributed by atoms with Gasteiger partial charge in [0.25, 0.3) is 0 Å². The zero-order chi connectivity index (χ0) is 23.9. The van der Waals surface area contributed by atoms with E-state index in [9.17, 15) is 9.18 Å². The highest BCUT2D eigenvalue weighted by Crippen LogP contribution is 2.35. The quantitative estimate of drug-likeness (QED) is 0.432. The van der Waals surface area contributed by atoms with E-state index in [-0.39, 0.29) is 17.3 Å². The maximum Gasteiger partial charge on any atom is 0.172 e. The van der Waals surface area contributed by atoms with Crippen LogP contribution in [0.25, 0.3) is 23.3 Å². The van der Waals surface area contributed by atoms with E-state index in [1.54, 1.807) is 18.2 Å². The summed E-state index contributed by atoms with van der Waals surface area (Å²) in [7, 11) is 0. The van der Waals surface area contributed by atoms with Crippen LogP contribution in [0.3, 0.4) is 0 Å². The lowest BCUT2D eigenvalue weighted by atomic mass is 9.75. The Hall–Kier alpha value is -3.50. The molecule has 3 aliphatic rings. The average Bonchev–Trinajstić information content (AvgIpc) is 3.17. The van der Waals surface area contributed by atoms with Gasteiger partial charge in [0, 0.05) is 28.2 Å². The molecule has 2 unspecified atom stereocenters. The van der Waals surface area contributed by atoms with E-state index in [0.29, 0.717) is 6.42 Å². The molecule has 0 aromatic heterocycles. The van der Waals surface area contributed by atoms with Crippen LogP contribution < -0.4 is 15.8 Å². The smallest absolute Gasteiger partial charge is 0.172 e. The molecule has 4 heteroatoms. The second kappa shape index (κ2) is 8.94. The van der Waals surface area contributed by atoms with Gasteiger partial charge in [-0.3, -0.25) is 4.79 Å². The fraction of sp³-hybridized carbons (Fsp3) is 0.129. The maximum absolute atomic E-state index is 14.6. The summed E-state index contributed by atoms with van der Waals surface area (Å²) in [5, 5.41) is 5.65. The largest absolute Gasteiger partial charge is 0.364 e. The molecule has 0 radical (unpaired) electrons. The highest BCUT2D eigenvalue weighted by molar-refractivity contribution is 9.10. The monoisotopic (exact) mass is 523 g/mol. The predicted molar refractivity (Wildman–Crippen MR) is 143 cm³/mol. The first kappa shape index (κ1) is 22.0. The summed E-state index contributed by atoms with van der Waals surface area (Å²) in [6, 6.07) is 17.1. The number of allylic oxidation sites excluding steroid dienone is 5. The van der Waals surface area contributed by atoms with Gasteiger partial charge in [-0.05, 0) is 82.0 Å². The van der Waals surface area contributed by atoms with Crippen LogP contribution in [-0.4, -0.2) is 5.78 Å². The molecule has 2 aliphatic carbocycles. The minimum Gasteiger partial charge on any atom is -0.364 e. The van der Waals surface area contributed by atoms with Crippen LogP contribution in [0.4, 0.5) is 4.39 Å². The van der Waals surface area contributed by atoms with Crippen molar-refractivity contribution in [2.24, 2.45) is 5.92 Å². The molecule has 2 nitrogen and oxygen atoms in total. The van der Waals surface area contributed by atoms with Crippen LogP contribution in [0.5, 0.6) is 0 Å². The zero-order valence-electron chi connectivity index (χ0n) is 19.0. The highest BCUT2D eigenvalue weighted by Gasteiger charge is 2.31. The molecule has 172 valence electrons. The lowest BCUT2D eigenvalue weighted by Gasteiger charge is -2.30. The van der Waals surface area contributed by atoms with Gasteiger partial charge in [-0.15, -0.1) is 0 Å². The fourth-order valence-corrected chi connectivity index (χ4v) is 5.89. The van der Waals surface area contributed by atoms with Crippen LogP contribution in [-0.2, 0) is 6.42 Å². The Kier molecular flexibility index (Phi) is 5.62. The van der Waals surface area contributed by atoms with Gasteiger partial charge in [0.15, 0.2) is 5.78 Å². The van der Waals surface area contributed by atoms with Crippen molar-refractivity contribution in [3.63, 3.8) is 0 Å². The van der Waals surface area contributed by atoms with Crippen molar-refractivity contribution in [1.82, 2.24) is 5.32 Å². The molecule has 35 heavy (non-hydrogen) atoms. The van der Waals surface area contributed by atoms with E-state index in [4.69, 9.17) is 0 Å². The van der Waals surface area contributed by atoms with E-state index >= 15 is 0 Å². The number of Topliss-reactive ketones (excluding diaryl/α,β-unsaturated/α-hetero) is 1. The van der Waals surface area contributed by atoms with Gasteiger partial charge in [-0.25, -0.2) is 4.39 Å². The summed E-state index contributed by atoms with van der Waals surface area (Å²) in [4.78, 5) is 13.6. The van der Waals surface area contributed by atoms with E-state index in [0.717, 1.165) is 27.0 Å². The number of hydrogen-bond acceptors (Lipinski definition) is 2. The van der Waals surface area contributed by atoms with Crippen LogP contribution in [0, 0.1) is 11.7 Å². The summed E-state index contributed by atoms with van der Waals surface area (Å²) in [6.45, 7) is 0. The van der Waals surface area contributed by atoms with Crippen molar-refractivity contribution >= 4 is 33.9 Å². The Morgan fingerprint density at radius 1 is 0.971 bits per heavy atom. The van der Waals surface area contributed by atoms with Gasteiger partial charge in [0.1, 0.15) is 5.82 Å². The third-order valence-electron chi connectivity index (χ3n) is 7.13. The van der Waals surface area contributed by atoms with Crippen molar-refractivity contribution in [3.05, 3.63) is 128 Å². The fourth-order valence-electron chi connectivity index (χ4n) is 5.48. The van der Waals surface area contributed by atoms with Gasteiger partial charge < -0.3 is 5.32 Å². The SMILES string of the molecule is O=C(c1ccccc1F)C1C=c2c(ccc3c2=CCc2cc(Br)ccc2-3)C(C2=CC=CC=CN2)C1. The van der Waals surface area contributed by atoms with Gasteiger partial charge in [-0.2, -0.15) is 0 Å². The predicted octanol–water partition coefficient (Wildman–Crippen LogP) is 5.92. The summed E-state index contributed by atoms with van der Waals surface area (Å²) in [5.41, 5.74) is 6.06. The number of hydrogen-bond donors (Lipinski definition) is 1. The first-order chi connectivity index (χ1) is 17.1. The van der Waals surface area contributed by atoms with Crippen molar-refractivity contribution in [1.29, 1.82) is 0 Å². The van der Waals surface area contributed by atoms with Crippen LogP contribution in [0.2, 0.25) is 0 Å². The Balaban J connectivity index is 1.55. The minimum atomic E-state index is -0.466. The molecule has 0 saturated carbocycles. The number of ketones is 1. The van der Waals surface area contributed by atoms with Gasteiger partial charge in [0.05, 0.1) is 5.56 Å². The molecule has 6 rings (SSSR count). The maximum atomic E-state index is 14.6. The second-order valence-electron chi connectivity index (χ2n) is 9.16. The standard InChI is InChI=1S/C31H23BrFNO/c32-21-10-12-22-19(16-21)9-11-24-23(22)13-14-25-27(24)17-20(31(35)26-6-3-4-7-29(26)33)18-28(25)30-8-2-1-5-15-34-30/h1-8,10-17,20,28,34H,9,18H2. The average molecular weight is 524 g/mol. The molecule has 2 atom stereocenters. The summed E-state index contributed by atoms with van der Waals surface area (Å²) < 4.78 is 15.7. The van der Waals surface area contributed by atoms with Crippen LogP contribution in [0.15, 0.2) is 95.3 Å². The number of rotatable bonds is 3. The zero-order valence-corrected chi connectivity index (χ0v) is 20.6. The molecule has 0 amide bonds. The topological polar surface area (TPSA) is 29.1 Å². The number of carbonyl (C=O) groups is 1. The van der Waals surface area contributed by atoms with Crippen molar-refractivity contribution < 1.29 is 9.18 Å². The molecular formula is C31H23BrFNO. The molecular weight excluding hydrogens is 501 g/mol. The molecule has 0 fully saturated rings. The molecule has 1 heterocycles. The van der Waals surface area contributed by atoms with Crippen molar-refractivity contribution in [2.45, 2.75) is 18.8 Å². The number of carbonyl (C=O) groups excluding carboxylic acids is 1. The summed E-state index contributed by atoms with van der Waals surface area (Å²) in [6.07, 6.45) is 15.7. The molecule has 1 N–H and O–H groups in total. The van der Waals surface area contributed by atoms with Gasteiger partial charge in [-0.1, -0.05) is 70.6 Å². The van der Waals surface area contributed by atoms with E-state index in [1.807, 2.05) is 24.4 Å². The third kappa shape index (κ3) is 3.92. The van der Waals surface area contributed by atoms with Crippen LogP contribution in [0.1, 0.15) is 33.8 Å². The Morgan fingerprint density at radius 3 is 2.71 bits per heavy atom. The van der Waals surface area contributed by atoms with E-state index in [1.165, 1.54) is 28.3 Å². The number of halogens is 2. The Bertz CT molecular complexity index is 1580. The molecule has 0 spiro atoms. The molecule has 0 bridgehead atoms. The first-order valence-corrected chi connectivity index (χ1v) is 12.6. The number of fused-ring (bicyclic) bond motifs is 5. The summed E-state index contributed by atoms with van der Waals surface area (Å²) >= 11 is 3.59. The van der Waals surface area contributed by atoms with Crippen molar-refractivity contribution in [3.8, 4) is 11.1 Å². The molecule has 0 saturated heterocycles. The Labute approximate surface area is 212 Å². The molecule has 3 aromatic carbocycles. The van der Waals surface area contributed by atoms with Gasteiger partial charge >= 0.3 is 0 Å². The van der Waals surface area contributed by atoms with Crippen molar-refractivity contribution in [2.75, 3.05) is 0 Å². The normalized spacial score (nSPS) is 19.7.